The number of thiol groups is 1. The van der Waals surface area contributed by atoms with Crippen LogP contribution < -0.4 is 0 Å². The fourth-order valence-corrected chi connectivity index (χ4v) is 2.26. The van der Waals surface area contributed by atoms with Gasteiger partial charge in [0.15, 0.2) is 0 Å². The Kier molecular flexibility index (Phi) is 4.43. The average Bonchev–Trinajstić information content (AvgIpc) is 2.44. The van der Waals surface area contributed by atoms with Crippen LogP contribution in [0.4, 0.5) is 0 Å². The van der Waals surface area contributed by atoms with Gasteiger partial charge in [-0.1, -0.05) is 0 Å². The molecule has 0 aromatic heterocycles. The predicted molar refractivity (Wildman–Crippen MR) is 46.8 cm³/mol. The van der Waals surface area contributed by atoms with Crippen LogP contribution in [-0.2, 0) is 38.7 Å². The molecule has 0 aromatic rings. The third kappa shape index (κ3) is 4.01. The summed E-state index contributed by atoms with van der Waals surface area (Å²) in [5.41, 5.74) is 0. The van der Waals surface area contributed by atoms with E-state index in [0.29, 0.717) is 0 Å². The lowest BCUT2D eigenvalue weighted by Crippen LogP contribution is -2.34. The quantitative estimate of drug-likeness (QED) is 0.579. The highest BCUT2D eigenvalue weighted by atomic mass is 32.3. The number of rotatable bonds is 5. The van der Waals surface area contributed by atoms with Crippen LogP contribution in [0.3, 0.4) is 0 Å². The molecule has 10 heteroatoms. The van der Waals surface area contributed by atoms with Crippen LogP contribution in [0, 0.1) is 0 Å². The van der Waals surface area contributed by atoms with E-state index in [9.17, 15) is 16.8 Å². The highest BCUT2D eigenvalue weighted by molar-refractivity contribution is 7.82. The van der Waals surface area contributed by atoms with E-state index in [1.807, 2.05) is 0 Å². The number of ether oxygens (including phenoxy) is 1. The van der Waals surface area contributed by atoms with Gasteiger partial charge in [-0.15, -0.1) is 0 Å². The van der Waals surface area contributed by atoms with E-state index in [0.717, 1.165) is 0 Å². The summed E-state index contributed by atoms with van der Waals surface area (Å²) in [4.78, 5) is 0. The molecular formula is C5H10O8S2. The van der Waals surface area contributed by atoms with Crippen molar-refractivity contribution in [3.63, 3.8) is 0 Å². The minimum Gasteiger partial charge on any atom is -0.382 e. The van der Waals surface area contributed by atoms with Crippen LogP contribution >= 0.6 is 0 Å². The molecule has 1 aliphatic rings. The van der Waals surface area contributed by atoms with Gasteiger partial charge in [-0.3, -0.25) is 4.18 Å². The average molecular weight is 262 g/mol. The first-order valence-corrected chi connectivity index (χ1v) is 6.25. The second-order valence-corrected chi connectivity index (χ2v) is 4.55. The van der Waals surface area contributed by atoms with Gasteiger partial charge >= 0.3 is 10.4 Å². The first-order valence-electron chi connectivity index (χ1n) is 3.82. The lowest BCUT2D eigenvalue weighted by atomic mass is 10.2. The van der Waals surface area contributed by atoms with Gasteiger partial charge in [-0.05, 0) is 0 Å². The molecule has 90 valence electrons. The molecule has 1 rings (SSSR count). The van der Waals surface area contributed by atoms with E-state index in [1.54, 1.807) is 0 Å². The molecule has 0 aromatic carbocycles. The van der Waals surface area contributed by atoms with Crippen LogP contribution in [0.5, 0.6) is 0 Å². The minimum atomic E-state index is -4.03. The van der Waals surface area contributed by atoms with Crippen molar-refractivity contribution in [1.82, 2.24) is 0 Å². The molecule has 1 heterocycles. The Hall–Kier alpha value is -0.260. The van der Waals surface area contributed by atoms with Crippen LogP contribution in [0.15, 0.2) is 0 Å². The van der Waals surface area contributed by atoms with Gasteiger partial charge in [0.25, 0.3) is 11.0 Å². The summed E-state index contributed by atoms with van der Waals surface area (Å²) < 4.78 is 59.9. The van der Waals surface area contributed by atoms with E-state index in [4.69, 9.17) is 0 Å². The lowest BCUT2D eigenvalue weighted by Gasteiger charge is -2.16. The van der Waals surface area contributed by atoms with Crippen molar-refractivity contribution in [2.24, 2.45) is 0 Å². The summed E-state index contributed by atoms with van der Waals surface area (Å²) in [6.45, 7) is -0.410. The Bertz CT molecular complexity index is 362. The maximum atomic E-state index is 10.7. The molecule has 8 nitrogen and oxygen atoms in total. The highest BCUT2D eigenvalue weighted by Gasteiger charge is 2.37. The number of hydrogen-bond acceptors (Lipinski definition) is 8. The van der Waals surface area contributed by atoms with E-state index in [1.165, 1.54) is 7.11 Å². The third-order valence-electron chi connectivity index (χ3n) is 1.59. The zero-order valence-electron chi connectivity index (χ0n) is 7.69. The Morgan fingerprint density at radius 2 is 2.20 bits per heavy atom. The maximum absolute atomic E-state index is 10.7. The highest BCUT2D eigenvalue weighted by Crippen LogP contribution is 2.18. The molecule has 0 aliphatic carbocycles. The van der Waals surface area contributed by atoms with E-state index < -0.39 is 33.6 Å². The van der Waals surface area contributed by atoms with Crippen molar-refractivity contribution in [1.29, 1.82) is 0 Å². The molecule has 0 saturated carbocycles. The van der Waals surface area contributed by atoms with Crippen molar-refractivity contribution < 1.29 is 34.1 Å². The topological polar surface area (TPSA) is 105 Å². The molecule has 2 unspecified atom stereocenters. The third-order valence-corrected chi connectivity index (χ3v) is 2.94. The van der Waals surface area contributed by atoms with Crippen LogP contribution in [0.25, 0.3) is 0 Å². The summed E-state index contributed by atoms with van der Waals surface area (Å²) >= 11 is 0. The maximum Gasteiger partial charge on any atom is 0.400 e. The van der Waals surface area contributed by atoms with Gasteiger partial charge in [-0.25, -0.2) is 16.8 Å². The zero-order valence-corrected chi connectivity index (χ0v) is 9.40. The fraction of sp³-hybridized carbons (Fsp3) is 1.00. The second kappa shape index (κ2) is 5.18. The first-order chi connectivity index (χ1) is 6.94. The SMILES string of the molecule is COCC(O[SH](=O)=O)C1COS(=O)(=O)O1. The van der Waals surface area contributed by atoms with Gasteiger partial charge in [0.1, 0.15) is 12.2 Å². The molecule has 0 amide bonds. The van der Waals surface area contributed by atoms with Crippen molar-refractivity contribution in [2.75, 3.05) is 20.3 Å². The van der Waals surface area contributed by atoms with E-state index in [-0.39, 0.29) is 13.2 Å². The zero-order chi connectivity index (χ0) is 11.5. The summed E-state index contributed by atoms with van der Waals surface area (Å²) in [6, 6.07) is 0. The van der Waals surface area contributed by atoms with Crippen molar-refractivity contribution in [3.8, 4) is 0 Å². The van der Waals surface area contributed by atoms with E-state index in [2.05, 4.69) is 17.3 Å². The van der Waals surface area contributed by atoms with Crippen LogP contribution in [0.2, 0.25) is 0 Å². The fourth-order valence-electron chi connectivity index (χ4n) is 1.01. The Balaban J connectivity index is 2.65. The van der Waals surface area contributed by atoms with Crippen LogP contribution in [-0.4, -0.2) is 49.4 Å². The largest absolute Gasteiger partial charge is 0.400 e. The van der Waals surface area contributed by atoms with Gasteiger partial charge in [0, 0.05) is 7.11 Å². The van der Waals surface area contributed by atoms with Gasteiger partial charge in [0.2, 0.25) is 0 Å². The molecule has 1 aliphatic heterocycles. The molecule has 2 atom stereocenters. The van der Waals surface area contributed by atoms with Gasteiger partial charge < -0.3 is 4.74 Å². The van der Waals surface area contributed by atoms with Gasteiger partial charge in [0.05, 0.1) is 13.2 Å². The molecule has 0 N–H and O–H groups in total. The first kappa shape index (κ1) is 12.8. The van der Waals surface area contributed by atoms with Crippen LogP contribution in [0.1, 0.15) is 0 Å². The molecular weight excluding hydrogens is 252 g/mol. The summed E-state index contributed by atoms with van der Waals surface area (Å²) in [5, 5.41) is 0. The normalized spacial score (nSPS) is 26.9. The van der Waals surface area contributed by atoms with Crippen molar-refractivity contribution in [3.05, 3.63) is 0 Å². The van der Waals surface area contributed by atoms with E-state index >= 15 is 0 Å². The van der Waals surface area contributed by atoms with Gasteiger partial charge in [-0.2, -0.15) is 8.42 Å². The number of hydrogen-bond donors (Lipinski definition) is 1. The molecule has 15 heavy (non-hydrogen) atoms. The van der Waals surface area contributed by atoms with Crippen molar-refractivity contribution >= 4 is 21.4 Å². The second-order valence-electron chi connectivity index (χ2n) is 2.65. The standard InChI is InChI=1S/C5H10O8S2/c1-10-2-4(12-14(6)7)5-3-11-15(8,9)13-5/h4-5,14H,2-3H2,1H3. The van der Waals surface area contributed by atoms with Crippen molar-refractivity contribution in [2.45, 2.75) is 12.2 Å². The summed E-state index contributed by atoms with van der Waals surface area (Å²) in [7, 11) is -5.82. The molecule has 0 radical (unpaired) electrons. The Morgan fingerprint density at radius 3 is 2.60 bits per heavy atom. The lowest BCUT2D eigenvalue weighted by molar-refractivity contribution is 0.0166. The molecule has 0 bridgehead atoms. The molecule has 1 saturated heterocycles. The Morgan fingerprint density at radius 1 is 1.53 bits per heavy atom. The molecule has 0 spiro atoms. The Labute approximate surface area is 88.6 Å². The molecule has 1 fully saturated rings. The summed E-state index contributed by atoms with van der Waals surface area (Å²) in [5.74, 6) is 0. The predicted octanol–water partition coefficient (Wildman–Crippen LogP) is -1.80. The number of methoxy groups -OCH3 is 1. The monoisotopic (exact) mass is 262 g/mol. The minimum absolute atomic E-state index is 0.118. The smallest absolute Gasteiger partial charge is 0.382 e. The summed E-state index contributed by atoms with van der Waals surface area (Å²) in [6.07, 6.45) is -2.05.